The average molecular weight is 896 g/mol. The predicted octanol–water partition coefficient (Wildman–Crippen LogP) is -1.36. The Morgan fingerprint density at radius 3 is 2.55 bits per heavy atom. The van der Waals surface area contributed by atoms with Crippen molar-refractivity contribution in [2.75, 3.05) is 87.7 Å². The lowest BCUT2D eigenvalue weighted by atomic mass is 10.1. The van der Waals surface area contributed by atoms with E-state index in [0.29, 0.717) is 49.2 Å². The predicted molar refractivity (Wildman–Crippen MR) is 211 cm³/mol. The number of H-pyrrole nitrogens is 1. The monoisotopic (exact) mass is 895 g/mol. The molecule has 2 aliphatic heterocycles. The molecule has 0 radical (unpaired) electrons. The number of aliphatic hydroxyl groups excluding tert-OH is 2. The average Bonchev–Trinajstić information content (AvgIpc) is 3.71. The van der Waals surface area contributed by atoms with Gasteiger partial charge in [0.1, 0.15) is 35.4 Å². The first kappa shape index (κ1) is 39.9. The van der Waals surface area contributed by atoms with Gasteiger partial charge in [-0.2, -0.15) is 4.98 Å². The van der Waals surface area contributed by atoms with Gasteiger partial charge >= 0.3 is 0 Å². The number of hydrogen-bond donors (Lipinski definition) is 8. The third-order valence-corrected chi connectivity index (χ3v) is 10.7. The van der Waals surface area contributed by atoms with Crippen LogP contribution in [0.1, 0.15) is 6.23 Å². The van der Waals surface area contributed by atoms with Crippen molar-refractivity contribution in [2.45, 2.75) is 24.5 Å². The molecule has 22 heteroatoms. The number of imidazole rings is 1. The van der Waals surface area contributed by atoms with Crippen molar-refractivity contribution in [3.63, 3.8) is 0 Å². The molecule has 55 heavy (non-hydrogen) atoms. The Bertz CT molecular complexity index is 2210. The van der Waals surface area contributed by atoms with Gasteiger partial charge in [-0.25, -0.2) is 4.98 Å². The van der Waals surface area contributed by atoms with Gasteiger partial charge in [-0.15, -0.1) is 0 Å². The number of anilines is 4. The number of carbonyl (C=O) groups excluding carboxylic acids is 2. The first-order valence-electron chi connectivity index (χ1n) is 17.1. The van der Waals surface area contributed by atoms with Crippen molar-refractivity contribution < 1.29 is 29.3 Å². The lowest BCUT2D eigenvalue weighted by molar-refractivity contribution is -0.130. The second-order valence-corrected chi connectivity index (χ2v) is 14.3. The van der Waals surface area contributed by atoms with E-state index < -0.39 is 41.0 Å². The van der Waals surface area contributed by atoms with Crippen LogP contribution in [0.4, 0.5) is 23.0 Å². The van der Waals surface area contributed by atoms with E-state index in [1.807, 2.05) is 6.07 Å². The maximum atomic E-state index is 12.8. The largest absolute Gasteiger partial charge is 0.495 e. The second-order valence-electron chi connectivity index (χ2n) is 12.7. The van der Waals surface area contributed by atoms with Gasteiger partial charge in [-0.05, 0) is 28.7 Å². The van der Waals surface area contributed by atoms with Crippen LogP contribution in [0, 0.1) is 3.57 Å². The number of rotatable bonds is 15. The summed E-state index contributed by atoms with van der Waals surface area (Å²) < 4.78 is 13.3. The number of methoxy groups -OCH3 is 1. The zero-order chi connectivity index (χ0) is 39.4. The van der Waals surface area contributed by atoms with E-state index in [-0.39, 0.29) is 66.5 Å². The Balaban J connectivity index is 0.891. The molecule has 2 unspecified atom stereocenters. The van der Waals surface area contributed by atoms with E-state index in [1.165, 1.54) is 24.1 Å². The quantitative estimate of drug-likeness (QED) is 0.0296. The highest BCUT2D eigenvalue weighted by Gasteiger charge is 2.44. The van der Waals surface area contributed by atoms with Gasteiger partial charge in [0, 0.05) is 68.1 Å². The van der Waals surface area contributed by atoms with Gasteiger partial charge in [0.15, 0.2) is 17.4 Å². The van der Waals surface area contributed by atoms with Crippen LogP contribution in [0.15, 0.2) is 45.0 Å². The number of aliphatic hydroxyl groups is 2. The molecule has 2 aliphatic rings. The number of benzene rings is 1. The fraction of sp³-hybridized carbons (Fsp3) is 0.424. The van der Waals surface area contributed by atoms with Crippen molar-refractivity contribution >= 4 is 80.2 Å². The van der Waals surface area contributed by atoms with E-state index in [2.05, 4.69) is 63.7 Å². The molecule has 6 rings (SSSR count). The summed E-state index contributed by atoms with van der Waals surface area (Å²) in [4.78, 5) is 76.1. The number of carbonyl (C=O) groups is 2. The van der Waals surface area contributed by atoms with Gasteiger partial charge in [0.2, 0.25) is 17.8 Å². The Labute approximate surface area is 330 Å². The number of aromatic amines is 1. The van der Waals surface area contributed by atoms with Crippen LogP contribution < -0.4 is 48.2 Å². The highest BCUT2D eigenvalue weighted by atomic mass is 127. The molecule has 2 aromatic heterocycles. The number of amides is 2. The van der Waals surface area contributed by atoms with Crippen LogP contribution >= 0.6 is 34.2 Å². The number of hydrogen-bond acceptors (Lipinski definition) is 16. The molecule has 0 bridgehead atoms. The van der Waals surface area contributed by atoms with E-state index in [4.69, 9.17) is 26.8 Å². The number of aromatic nitrogens is 4. The Morgan fingerprint density at radius 1 is 1.09 bits per heavy atom. The molecule has 4 heterocycles. The molecular formula is C33H39ClIN11O9. The van der Waals surface area contributed by atoms with E-state index in [0.717, 1.165) is 3.57 Å². The lowest BCUT2D eigenvalue weighted by Gasteiger charge is -2.34. The molecule has 0 spiro atoms. The number of fused-ring (bicyclic) bond motifs is 1. The normalized spacial score (nSPS) is 20.3. The molecule has 2 aromatic carbocycles. The van der Waals surface area contributed by atoms with Crippen LogP contribution in [-0.2, 0) is 14.3 Å². The van der Waals surface area contributed by atoms with E-state index in [1.54, 1.807) is 17.0 Å². The second kappa shape index (κ2) is 17.3. The van der Waals surface area contributed by atoms with Crippen LogP contribution in [-0.4, -0.2) is 136 Å². The topological polar surface area (TPSA) is 271 Å². The van der Waals surface area contributed by atoms with Crippen molar-refractivity contribution in [3.05, 3.63) is 70.0 Å². The zero-order valence-corrected chi connectivity index (χ0v) is 32.3. The van der Waals surface area contributed by atoms with Crippen molar-refractivity contribution in [2.24, 2.45) is 0 Å². The fourth-order valence-electron chi connectivity index (χ4n) is 6.23. The molecule has 4 aromatic rings. The van der Waals surface area contributed by atoms with Crippen molar-refractivity contribution in [1.29, 1.82) is 0 Å². The summed E-state index contributed by atoms with van der Waals surface area (Å²) in [6.07, 6.45) is -0.671. The molecule has 2 amide bonds. The van der Waals surface area contributed by atoms with Crippen molar-refractivity contribution in [1.82, 2.24) is 34.6 Å². The van der Waals surface area contributed by atoms with Crippen molar-refractivity contribution in [3.8, 4) is 5.75 Å². The van der Waals surface area contributed by atoms with E-state index in [9.17, 15) is 34.2 Å². The molecule has 0 saturated carbocycles. The van der Waals surface area contributed by atoms with Gasteiger partial charge in [-0.1, -0.05) is 17.7 Å². The number of nitrogens with zero attached hydrogens (tertiary/aromatic N) is 5. The lowest BCUT2D eigenvalue weighted by Crippen LogP contribution is -2.50. The molecule has 4 atom stereocenters. The maximum Gasteiger partial charge on any atom is 0.280 e. The minimum atomic E-state index is -1.44. The number of halogens is 2. The Morgan fingerprint density at radius 2 is 1.82 bits per heavy atom. The minimum absolute atomic E-state index is 0.0198. The molecule has 294 valence electrons. The molecule has 9 N–H and O–H groups in total. The fourth-order valence-corrected chi connectivity index (χ4v) is 6.85. The Kier molecular flexibility index (Phi) is 12.6. The Hall–Kier alpha value is -4.81. The van der Waals surface area contributed by atoms with E-state index >= 15 is 0 Å². The number of nitrogens with two attached hydrogens (primary N) is 1. The summed E-state index contributed by atoms with van der Waals surface area (Å²) in [5.74, 6) is 0.00304. The smallest absolute Gasteiger partial charge is 0.280 e. The SMILES string of the molecule is COc1cc(Cl)c(I)cc1NCC(=O)N1CCN(C/C=C/C(=O)NCCNc2c(NC[C@H]3O[C@@H](n4cnc5c(=O)[nH]c(N)nc54)C(O)C3O)c(=O)c2=O)CC1. The van der Waals surface area contributed by atoms with Crippen LogP contribution in [0.5, 0.6) is 5.75 Å². The number of nitrogens with one attached hydrogen (secondary N) is 5. The summed E-state index contributed by atoms with van der Waals surface area (Å²) in [5, 5.41) is 33.4. The molecule has 2 saturated heterocycles. The third kappa shape index (κ3) is 8.86. The molecule has 0 aliphatic carbocycles. The number of ether oxygens (including phenoxy) is 2. The first-order valence-corrected chi connectivity index (χ1v) is 18.6. The molecule has 2 fully saturated rings. The van der Waals surface area contributed by atoms with Gasteiger partial charge in [-0.3, -0.25) is 38.4 Å². The van der Waals surface area contributed by atoms with Crippen LogP contribution in [0.2, 0.25) is 5.02 Å². The zero-order valence-electron chi connectivity index (χ0n) is 29.4. The minimum Gasteiger partial charge on any atom is -0.495 e. The highest BCUT2D eigenvalue weighted by Crippen LogP contribution is 2.33. The van der Waals surface area contributed by atoms with Crippen LogP contribution in [0.25, 0.3) is 11.2 Å². The summed E-state index contributed by atoms with van der Waals surface area (Å²) in [6.45, 7) is 3.15. The maximum absolute atomic E-state index is 12.8. The summed E-state index contributed by atoms with van der Waals surface area (Å²) in [7, 11) is 1.54. The van der Waals surface area contributed by atoms with Gasteiger partial charge in [0.25, 0.3) is 16.4 Å². The number of nitrogen functional groups attached to an aromatic ring is 1. The standard InChI is InChI=1S/C33H39ClIN11O9/c1-54-19-11-16(34)17(35)12-18(19)39-14-22(48)45-9-7-44(8-10-45)6-2-3-21(47)37-4-5-38-23-24(28(51)27(23)50)40-13-20-26(49)29(52)32(55-20)46-15-41-25-30(46)42-33(36)43-31(25)53/h2-3,11-12,15,20,26,29,32,38-40,49,52H,4-10,13-14H2,1H3,(H,37,47)(H3,36,42,43,53)/b3-2+/t20-,26?,29?,32-/m1/s1. The first-order chi connectivity index (χ1) is 26.4. The van der Waals surface area contributed by atoms with Crippen LogP contribution in [0.3, 0.4) is 0 Å². The number of piperazine rings is 1. The summed E-state index contributed by atoms with van der Waals surface area (Å²) in [6, 6.07) is 3.53. The third-order valence-electron chi connectivity index (χ3n) is 9.21. The highest BCUT2D eigenvalue weighted by molar-refractivity contribution is 14.1. The molecule has 20 nitrogen and oxygen atoms in total. The summed E-state index contributed by atoms with van der Waals surface area (Å²) in [5.41, 5.74) is 4.24. The summed E-state index contributed by atoms with van der Waals surface area (Å²) >= 11 is 8.28. The molecular weight excluding hydrogens is 857 g/mol. The van der Waals surface area contributed by atoms with Gasteiger partial charge in [0.05, 0.1) is 30.7 Å². The van der Waals surface area contributed by atoms with Gasteiger partial charge < -0.3 is 51.6 Å².